The summed E-state index contributed by atoms with van der Waals surface area (Å²) in [7, 11) is -2.80. The minimum atomic E-state index is -2.24. The van der Waals surface area contributed by atoms with Gasteiger partial charge in [0, 0.05) is 27.5 Å². The molecule has 0 spiro atoms. The predicted molar refractivity (Wildman–Crippen MR) is 545 cm³/mol. The molecule has 7 aromatic carbocycles. The fraction of sp³-hybridized carbons (Fsp3) is 0.431. The number of primary amides is 2. The number of carboxylic acid groups (broad SMARTS) is 4. The van der Waals surface area contributed by atoms with Crippen LogP contribution in [0.5, 0.6) is 5.88 Å². The number of carbonyl (C=O) groups is 6. The Bertz CT molecular complexity index is 5650. The number of amides is 2. The Hall–Kier alpha value is -10.6. The number of pyridine rings is 2. The van der Waals surface area contributed by atoms with Crippen LogP contribution >= 0.6 is 25.6 Å². The van der Waals surface area contributed by atoms with Crippen molar-refractivity contribution in [2.45, 2.75) is 275 Å². The fourth-order valence-corrected chi connectivity index (χ4v) is 14.4. The van der Waals surface area contributed by atoms with Crippen molar-refractivity contribution in [1.29, 1.82) is 0 Å². The lowest BCUT2D eigenvalue weighted by Gasteiger charge is -2.21. The van der Waals surface area contributed by atoms with Gasteiger partial charge in [-0.3, -0.25) is 14.6 Å². The second-order valence-electron chi connectivity index (χ2n) is 42.9. The third-order valence-electron chi connectivity index (χ3n) is 19.8. The summed E-state index contributed by atoms with van der Waals surface area (Å²) in [5, 5.41) is 44.7. The minimum Gasteiger partial charge on any atom is -0.481 e. The highest BCUT2D eigenvalue weighted by molar-refractivity contribution is 7.70. The van der Waals surface area contributed by atoms with E-state index in [1.54, 1.807) is 83.8 Å². The smallest absolute Gasteiger partial charge is 0.345 e. The Kier molecular flexibility index (Phi) is 41.9. The van der Waals surface area contributed by atoms with Gasteiger partial charge in [0.05, 0.1) is 35.9 Å². The molecule has 132 heavy (non-hydrogen) atoms. The fourth-order valence-electron chi connectivity index (χ4n) is 11.4. The Morgan fingerprint density at radius 1 is 0.394 bits per heavy atom. The molecule has 0 saturated heterocycles. The van der Waals surface area contributed by atoms with E-state index in [0.29, 0.717) is 27.4 Å². The summed E-state index contributed by atoms with van der Waals surface area (Å²) in [5.74, 6) is -5.36. The topological polar surface area (TPSA) is 325 Å². The molecule has 0 atom stereocenters. The number of rotatable bonds is 10. The molecular weight excluding hydrogens is 1720 g/mol. The number of ether oxygens (including phenoxy) is 1. The Balaban J connectivity index is 0.000000757. The average Bonchev–Trinajstić information content (AvgIpc) is 0.803. The summed E-state index contributed by atoms with van der Waals surface area (Å²) >= 11 is 1.35. The zero-order valence-electron chi connectivity index (χ0n) is 89.0. The molecule has 722 valence electrons. The predicted octanol–water partition coefficient (Wildman–Crippen LogP) is 26.3. The summed E-state index contributed by atoms with van der Waals surface area (Å²) in [5.41, 5.74) is 22.5. The van der Waals surface area contributed by atoms with Gasteiger partial charge in [-0.25, -0.2) is 32.9 Å². The lowest BCUT2D eigenvalue weighted by atomic mass is 9.86. The van der Waals surface area contributed by atoms with E-state index in [1.807, 2.05) is 107 Å². The monoisotopic (exact) mass is 1880 g/mol. The van der Waals surface area contributed by atoms with Crippen LogP contribution in [0.25, 0.3) is 0 Å². The number of thiophene rings is 1. The molecule has 10 rings (SSSR count). The standard InChI is InChI=1S/C12H20NOP.C12H19OP.C11H13FO2.C11H16N2O2.C11H15NO.2C11H14O2.C11H16O.C10H13F.C9H12O2S/c1-9-7-10(12(2,3)4)8-13-11(9)15(5,6)14;1-12(2,3)10-6-8-11(9-7-10)14(4,5)13;1-11(2,3)8-5-4-7(10(13)14)6-9(8)12;1-11(2,3)7-5-6-8(9(12)14)13-10(7)15-4;3*1-11(2,3)9-6-4-8(5-7-9)10(12)13;1-11(2,3)10-6-4-9(8-12)5-7-10;1-10(2,3)8-4-6-9(11)7-5-8;1-9(2,3)7-5-4-6(12-7)8(10)11/h7-8H,1-6H3;6-9H,1-5H3;4-6H,1-3H3,(H,13,14);5-6H,1-4H3,(H2,12,14);4-7H,1-3H3,(H2,12,13);2*4-7H,1-3H3,(H,12,13);4-7,12H,8H2,1-3H3;4-7H,1-3H3;4-5H,1-3H3,(H,10,11)/i;;;;;4D,5D,6D,7D;;;;. The Morgan fingerprint density at radius 2 is 0.750 bits per heavy atom. The maximum absolute atomic E-state index is 13.4. The molecule has 0 unspecified atom stereocenters. The van der Waals surface area contributed by atoms with Gasteiger partial charge >= 0.3 is 23.9 Å². The lowest BCUT2D eigenvalue weighted by molar-refractivity contribution is 0.0685. The number of aliphatic hydroxyl groups is 1. The summed E-state index contributed by atoms with van der Waals surface area (Å²) in [6.07, 6.45) is 1.85. The van der Waals surface area contributed by atoms with Crippen LogP contribution in [0.3, 0.4) is 0 Å². The normalized spacial score (nSPS) is 12.2. The molecular formula is C109H152F2N4O14P2S. The number of carboxylic acids is 4. The first-order chi connectivity index (χ1) is 61.4. The van der Waals surface area contributed by atoms with Crippen molar-refractivity contribution in [3.63, 3.8) is 0 Å². The summed E-state index contributed by atoms with van der Waals surface area (Å²) in [4.78, 5) is 74.2. The third-order valence-corrected chi connectivity index (χ3v) is 24.3. The number of aromatic carboxylic acids is 4. The molecule has 10 aromatic rings. The molecule has 2 amide bonds. The van der Waals surface area contributed by atoms with Crippen molar-refractivity contribution in [3.8, 4) is 5.88 Å². The summed E-state index contributed by atoms with van der Waals surface area (Å²) < 4.78 is 85.5. The molecule has 0 fully saturated rings. The van der Waals surface area contributed by atoms with Gasteiger partial charge in [-0.05, 0) is 222 Å². The van der Waals surface area contributed by atoms with Crippen molar-refractivity contribution >= 4 is 72.1 Å². The van der Waals surface area contributed by atoms with E-state index in [-0.39, 0.29) is 96.0 Å². The number of nitrogens with two attached hydrogens (primary N) is 2. The summed E-state index contributed by atoms with van der Waals surface area (Å²) in [6.45, 7) is 71.1. The number of aromatic nitrogens is 2. The van der Waals surface area contributed by atoms with Gasteiger partial charge in [0.1, 0.15) is 41.9 Å². The van der Waals surface area contributed by atoms with Gasteiger partial charge in [0.25, 0.3) is 5.91 Å². The minimum absolute atomic E-state index is 0.0181. The van der Waals surface area contributed by atoms with Gasteiger partial charge in [-0.1, -0.05) is 323 Å². The second-order valence-corrected chi connectivity index (χ2v) is 50.4. The maximum atomic E-state index is 13.4. The zero-order valence-corrected chi connectivity index (χ0v) is 87.6. The number of aliphatic hydroxyl groups excluding tert-OH is 1. The van der Waals surface area contributed by atoms with E-state index in [4.69, 9.17) is 47.2 Å². The van der Waals surface area contributed by atoms with Crippen LogP contribution in [0.2, 0.25) is 0 Å². The van der Waals surface area contributed by atoms with E-state index in [2.05, 4.69) is 206 Å². The molecule has 0 bridgehead atoms. The van der Waals surface area contributed by atoms with Gasteiger partial charge in [-0.2, -0.15) is 0 Å². The molecule has 3 heterocycles. The number of hydrogen-bond acceptors (Lipinski definition) is 13. The highest BCUT2D eigenvalue weighted by Gasteiger charge is 2.26. The van der Waals surface area contributed by atoms with Crippen LogP contribution in [0.1, 0.15) is 341 Å². The van der Waals surface area contributed by atoms with Crippen molar-refractivity contribution in [3.05, 3.63) is 311 Å². The van der Waals surface area contributed by atoms with E-state index < -0.39 is 72.9 Å². The first-order valence-electron chi connectivity index (χ1n) is 45.3. The molecule has 0 aliphatic rings. The van der Waals surface area contributed by atoms with E-state index in [1.165, 1.54) is 70.5 Å². The zero-order chi connectivity index (χ0) is 106. The molecule has 23 heteroatoms. The molecule has 9 N–H and O–H groups in total. The van der Waals surface area contributed by atoms with Crippen molar-refractivity contribution in [2.24, 2.45) is 11.5 Å². The largest absolute Gasteiger partial charge is 0.481 e. The quantitative estimate of drug-likeness (QED) is 0.0626. The molecule has 18 nitrogen and oxygen atoms in total. The Labute approximate surface area is 797 Å². The first-order valence-corrected chi connectivity index (χ1v) is 49.3. The maximum Gasteiger partial charge on any atom is 0.345 e. The van der Waals surface area contributed by atoms with Crippen molar-refractivity contribution in [2.75, 3.05) is 33.8 Å². The van der Waals surface area contributed by atoms with E-state index >= 15 is 0 Å². The number of halogens is 2. The highest BCUT2D eigenvalue weighted by Crippen LogP contribution is 2.38. The van der Waals surface area contributed by atoms with Crippen LogP contribution in [-0.2, 0) is 69.9 Å². The number of methoxy groups -OCH3 is 1. The van der Waals surface area contributed by atoms with Crippen LogP contribution in [0.15, 0.2) is 200 Å². The Morgan fingerprint density at radius 3 is 1.04 bits per heavy atom. The molecule has 0 aliphatic heterocycles. The van der Waals surface area contributed by atoms with Gasteiger partial charge < -0.3 is 50.9 Å². The SMILES string of the molecule is CC(C)(C)c1ccc(C(=O)O)cc1.CC(C)(C)c1ccc(C(=O)O)cc1F.CC(C)(C)c1ccc(C(=O)O)s1.CC(C)(C)c1ccc(C(N)=O)cc1.CC(C)(C)c1ccc(CO)cc1.CC(C)(C)c1ccc(F)cc1.CC(C)(C)c1ccc(P(C)(C)=O)cc1.COc1nc(C(N)=O)ccc1C(C)(C)C.Cc1cc(C(C)(C)C)cnc1P(C)(C)=O.[2H]c1c([2H])c(C(C)(C)C)c([2H])c([2H])c1C(=O)O. The van der Waals surface area contributed by atoms with Gasteiger partial charge in [-0.15, -0.1) is 11.3 Å². The van der Waals surface area contributed by atoms with Gasteiger partial charge in [0.2, 0.25) is 11.8 Å². The lowest BCUT2D eigenvalue weighted by Crippen LogP contribution is -2.18. The van der Waals surface area contributed by atoms with Crippen molar-refractivity contribution < 1.29 is 82.4 Å². The molecule has 3 aromatic heterocycles. The van der Waals surface area contributed by atoms with Crippen LogP contribution < -0.4 is 26.9 Å². The van der Waals surface area contributed by atoms with E-state index in [9.17, 15) is 46.7 Å². The third kappa shape index (κ3) is 43.0. The van der Waals surface area contributed by atoms with Crippen LogP contribution in [0.4, 0.5) is 8.78 Å². The molecule has 0 radical (unpaired) electrons. The number of aryl methyl sites for hydroxylation is 1. The second kappa shape index (κ2) is 49.4. The molecule has 0 aliphatic carbocycles. The van der Waals surface area contributed by atoms with Crippen LogP contribution in [-0.4, -0.2) is 105 Å². The number of hydrogen-bond donors (Lipinski definition) is 7. The average molecular weight is 1880 g/mol. The van der Waals surface area contributed by atoms with E-state index in [0.717, 1.165) is 43.9 Å². The summed E-state index contributed by atoms with van der Waals surface area (Å²) in [6, 6.07) is 48.9. The number of nitrogens with zero attached hydrogens (tertiary/aromatic N) is 2. The number of benzene rings is 7. The number of carbonyl (C=O) groups excluding carboxylic acids is 2. The van der Waals surface area contributed by atoms with Crippen molar-refractivity contribution in [1.82, 2.24) is 9.97 Å². The first kappa shape index (κ1) is 112. The molecule has 0 saturated carbocycles. The highest BCUT2D eigenvalue weighted by atomic mass is 32.1. The van der Waals surface area contributed by atoms with Gasteiger partial charge in [0.15, 0.2) is 0 Å². The van der Waals surface area contributed by atoms with Crippen LogP contribution in [0, 0.1) is 18.6 Å².